The molecule has 1 aliphatic heterocycles. The van der Waals surface area contributed by atoms with Crippen molar-refractivity contribution in [3.05, 3.63) is 36.6 Å². The number of fused-ring (bicyclic) bond motifs is 3. The van der Waals surface area contributed by atoms with Crippen LogP contribution in [0.5, 0.6) is 0 Å². The van der Waals surface area contributed by atoms with Crippen LogP contribution >= 0.6 is 0 Å². The third kappa shape index (κ3) is 6.79. The van der Waals surface area contributed by atoms with Gasteiger partial charge >= 0.3 is 0 Å². The average Bonchev–Trinajstić information content (AvgIpc) is 3.64. The smallest absolute Gasteiger partial charge is 0.122 e. The standard InChI is InChI=1S/C36H58FN3.C2H6/c1-8-10-27-11-14-30-32-16-15-31(36(32,7)20-17-33(30)35(27,6)19-9-2)26(4)38-23-25(3)40(29-12-13-29)21-18-28-22-34(5,37)24-39-28;1-2/h8,10,28-33,39H,1,3,9,11-24H2,2,4-7H3;1-2H3/b27-10-,38-26?;. The fraction of sp³-hybridized carbons (Fsp3) is 0.816. The maximum absolute atomic E-state index is 14.3. The summed E-state index contributed by atoms with van der Waals surface area (Å²) >= 11 is 0. The van der Waals surface area contributed by atoms with E-state index in [4.69, 9.17) is 4.99 Å². The van der Waals surface area contributed by atoms with Gasteiger partial charge in [0.1, 0.15) is 5.67 Å². The maximum Gasteiger partial charge on any atom is 0.122 e. The first-order valence-electron chi connectivity index (χ1n) is 17.7. The minimum Gasteiger partial charge on any atom is -0.371 e. The zero-order valence-electron chi connectivity index (χ0n) is 28.4. The van der Waals surface area contributed by atoms with E-state index in [9.17, 15) is 4.39 Å². The van der Waals surface area contributed by atoms with E-state index in [0.717, 1.165) is 43.0 Å². The lowest BCUT2D eigenvalue weighted by Gasteiger charge is -2.57. The van der Waals surface area contributed by atoms with Crippen LogP contribution in [0.15, 0.2) is 41.6 Å². The Balaban J connectivity index is 0.00000198. The van der Waals surface area contributed by atoms with Gasteiger partial charge in [-0.1, -0.05) is 71.9 Å². The number of hydrogen-bond donors (Lipinski definition) is 1. The summed E-state index contributed by atoms with van der Waals surface area (Å²) in [6.07, 6.45) is 19.1. The summed E-state index contributed by atoms with van der Waals surface area (Å²) in [6, 6.07) is 0.899. The molecule has 5 aliphatic rings. The van der Waals surface area contributed by atoms with Crippen molar-refractivity contribution >= 4 is 5.71 Å². The summed E-state index contributed by atoms with van der Waals surface area (Å²) in [5.74, 6) is 3.10. The quantitative estimate of drug-likeness (QED) is 0.246. The molecular formula is C38H64FN3. The Bertz CT molecular complexity index is 1010. The third-order valence-corrected chi connectivity index (χ3v) is 12.4. The number of halogens is 1. The molecular weight excluding hydrogens is 517 g/mol. The Hall–Kier alpha value is -1.42. The van der Waals surface area contributed by atoms with Crippen LogP contribution in [0.25, 0.3) is 0 Å². The lowest BCUT2D eigenvalue weighted by Crippen LogP contribution is -2.50. The summed E-state index contributed by atoms with van der Waals surface area (Å²) in [4.78, 5) is 7.76. The second kappa shape index (κ2) is 13.7. The Morgan fingerprint density at radius 1 is 1.10 bits per heavy atom. The fourth-order valence-corrected chi connectivity index (χ4v) is 10.2. The van der Waals surface area contributed by atoms with E-state index >= 15 is 0 Å². The molecule has 1 heterocycles. The predicted molar refractivity (Wildman–Crippen MR) is 180 cm³/mol. The number of nitrogens with zero attached hydrogens (tertiary/aromatic N) is 2. The molecule has 8 atom stereocenters. The molecule has 42 heavy (non-hydrogen) atoms. The molecule has 5 fully saturated rings. The van der Waals surface area contributed by atoms with Gasteiger partial charge in [-0.05, 0) is 113 Å². The highest BCUT2D eigenvalue weighted by molar-refractivity contribution is 5.85. The van der Waals surface area contributed by atoms with Crippen molar-refractivity contribution in [2.45, 2.75) is 143 Å². The van der Waals surface area contributed by atoms with Gasteiger partial charge in [-0.15, -0.1) is 0 Å². The molecule has 0 aromatic heterocycles. The SMILES string of the molecule is C=C/C=C1/CCC2C(CCC3(C)C(C(C)=NCC(=C)N(CCC4CC(C)(F)CN4)C4CC4)CCC23)C1(C)CCC.CC. The van der Waals surface area contributed by atoms with Gasteiger partial charge in [-0.2, -0.15) is 0 Å². The van der Waals surface area contributed by atoms with Crippen molar-refractivity contribution < 1.29 is 4.39 Å². The van der Waals surface area contributed by atoms with Crippen LogP contribution in [0.1, 0.15) is 126 Å². The third-order valence-electron chi connectivity index (χ3n) is 12.4. The number of hydrogen-bond acceptors (Lipinski definition) is 3. The molecule has 0 aromatic carbocycles. The molecule has 5 rings (SSSR count). The summed E-state index contributed by atoms with van der Waals surface area (Å²) in [5.41, 5.74) is 3.86. The summed E-state index contributed by atoms with van der Waals surface area (Å²) in [5, 5.41) is 3.39. The van der Waals surface area contributed by atoms with E-state index in [0.29, 0.717) is 35.8 Å². The highest BCUT2D eigenvalue weighted by Crippen LogP contribution is 2.66. The minimum atomic E-state index is -1.06. The zero-order chi connectivity index (χ0) is 30.7. The zero-order valence-corrected chi connectivity index (χ0v) is 28.4. The molecule has 0 amide bonds. The van der Waals surface area contributed by atoms with E-state index in [-0.39, 0.29) is 6.04 Å². The Kier molecular flexibility index (Phi) is 10.9. The van der Waals surface area contributed by atoms with Crippen LogP contribution in [-0.4, -0.2) is 48.0 Å². The Labute approximate surface area is 259 Å². The molecule has 238 valence electrons. The molecule has 3 nitrogen and oxygen atoms in total. The molecule has 8 unspecified atom stereocenters. The van der Waals surface area contributed by atoms with Crippen molar-refractivity contribution in [2.75, 3.05) is 19.6 Å². The van der Waals surface area contributed by atoms with Crippen LogP contribution in [0.4, 0.5) is 4.39 Å². The second-order valence-corrected chi connectivity index (χ2v) is 15.1. The van der Waals surface area contributed by atoms with Crippen molar-refractivity contribution in [2.24, 2.45) is 39.5 Å². The molecule has 4 heteroatoms. The first-order valence-corrected chi connectivity index (χ1v) is 17.7. The number of aliphatic imine (C=N–C) groups is 1. The predicted octanol–water partition coefficient (Wildman–Crippen LogP) is 9.70. The number of rotatable bonds is 11. The van der Waals surface area contributed by atoms with Gasteiger partial charge < -0.3 is 10.2 Å². The van der Waals surface area contributed by atoms with Crippen molar-refractivity contribution in [1.29, 1.82) is 0 Å². The molecule has 0 spiro atoms. The summed E-state index contributed by atoms with van der Waals surface area (Å²) in [7, 11) is 0. The highest BCUT2D eigenvalue weighted by atomic mass is 19.1. The van der Waals surface area contributed by atoms with Gasteiger partial charge in [-0.3, -0.25) is 4.99 Å². The second-order valence-electron chi connectivity index (χ2n) is 15.1. The van der Waals surface area contributed by atoms with Gasteiger partial charge in [0, 0.05) is 42.5 Å². The van der Waals surface area contributed by atoms with Crippen LogP contribution in [-0.2, 0) is 0 Å². The van der Waals surface area contributed by atoms with Crippen LogP contribution in [0, 0.1) is 34.5 Å². The average molecular weight is 582 g/mol. The van der Waals surface area contributed by atoms with Gasteiger partial charge in [-0.25, -0.2) is 4.39 Å². The van der Waals surface area contributed by atoms with Gasteiger partial charge in [0.15, 0.2) is 0 Å². The molecule has 0 bridgehead atoms. The van der Waals surface area contributed by atoms with E-state index in [1.54, 1.807) is 12.5 Å². The Morgan fingerprint density at radius 2 is 1.83 bits per heavy atom. The van der Waals surface area contributed by atoms with Gasteiger partial charge in [0.25, 0.3) is 0 Å². The molecule has 4 saturated carbocycles. The van der Waals surface area contributed by atoms with Crippen molar-refractivity contribution in [3.63, 3.8) is 0 Å². The fourth-order valence-electron chi connectivity index (χ4n) is 10.2. The van der Waals surface area contributed by atoms with Crippen molar-refractivity contribution in [3.8, 4) is 0 Å². The maximum atomic E-state index is 14.3. The molecule has 4 aliphatic carbocycles. The van der Waals surface area contributed by atoms with E-state index < -0.39 is 5.67 Å². The molecule has 1 N–H and O–H groups in total. The number of nitrogens with one attached hydrogen (secondary N) is 1. The molecule has 0 aromatic rings. The lowest BCUT2D eigenvalue weighted by atomic mass is 9.47. The first-order chi connectivity index (χ1) is 20.0. The van der Waals surface area contributed by atoms with Gasteiger partial charge in [0.05, 0.1) is 6.54 Å². The largest absolute Gasteiger partial charge is 0.371 e. The molecule has 1 saturated heterocycles. The van der Waals surface area contributed by atoms with Crippen LogP contribution < -0.4 is 5.32 Å². The Morgan fingerprint density at radius 3 is 2.45 bits per heavy atom. The normalized spacial score (nSPS) is 40.6. The summed E-state index contributed by atoms with van der Waals surface area (Å²) in [6.45, 7) is 26.3. The highest BCUT2D eigenvalue weighted by Gasteiger charge is 2.58. The van der Waals surface area contributed by atoms with E-state index in [1.165, 1.54) is 69.9 Å². The van der Waals surface area contributed by atoms with Crippen LogP contribution in [0.2, 0.25) is 0 Å². The number of allylic oxidation sites excluding steroid dienone is 3. The van der Waals surface area contributed by atoms with Crippen molar-refractivity contribution in [1.82, 2.24) is 10.2 Å². The van der Waals surface area contributed by atoms with Gasteiger partial charge in [0.2, 0.25) is 0 Å². The van der Waals surface area contributed by atoms with E-state index in [2.05, 4.69) is 57.1 Å². The van der Waals surface area contributed by atoms with E-state index in [1.807, 2.05) is 19.9 Å². The summed E-state index contributed by atoms with van der Waals surface area (Å²) < 4.78 is 14.3. The topological polar surface area (TPSA) is 27.6 Å². The molecule has 0 radical (unpaired) electrons. The first kappa shape index (κ1) is 33.5. The monoisotopic (exact) mass is 582 g/mol. The minimum absolute atomic E-state index is 0.280. The lowest BCUT2D eigenvalue weighted by molar-refractivity contribution is -0.0408. The number of alkyl halides is 1. The van der Waals surface area contributed by atoms with Crippen LogP contribution in [0.3, 0.4) is 0 Å².